The second-order valence-corrected chi connectivity index (χ2v) is 5.26. The van der Waals surface area contributed by atoms with Crippen molar-refractivity contribution in [3.8, 4) is 11.8 Å². The monoisotopic (exact) mass is 302 g/mol. The molecule has 3 rings (SSSR count). The Hall–Kier alpha value is -2.23. The summed E-state index contributed by atoms with van der Waals surface area (Å²) >= 11 is 6.01. The Labute approximate surface area is 127 Å². The van der Waals surface area contributed by atoms with Gasteiger partial charge >= 0.3 is 0 Å². The van der Waals surface area contributed by atoms with Gasteiger partial charge < -0.3 is 16.0 Å². The second kappa shape index (κ2) is 5.64. The average molecular weight is 303 g/mol. The Morgan fingerprint density at radius 2 is 2.10 bits per heavy atom. The first-order chi connectivity index (χ1) is 10.2. The van der Waals surface area contributed by atoms with E-state index in [9.17, 15) is 5.26 Å². The molecule has 7 heteroatoms. The van der Waals surface area contributed by atoms with Gasteiger partial charge in [-0.05, 0) is 18.2 Å². The molecule has 2 aromatic rings. The molecule has 0 spiro atoms. The summed E-state index contributed by atoms with van der Waals surface area (Å²) in [4.78, 5) is 2.08. The number of nitrogens with zero attached hydrogens (tertiary/aromatic N) is 4. The molecular formula is C14H15ClN6. The molecule has 1 aliphatic heterocycles. The summed E-state index contributed by atoms with van der Waals surface area (Å²) < 4.78 is 1.57. The highest BCUT2D eigenvalue weighted by molar-refractivity contribution is 6.30. The van der Waals surface area contributed by atoms with E-state index in [2.05, 4.69) is 21.4 Å². The van der Waals surface area contributed by atoms with Crippen LogP contribution in [-0.4, -0.2) is 36.0 Å². The van der Waals surface area contributed by atoms with Gasteiger partial charge in [0.1, 0.15) is 17.5 Å². The molecule has 21 heavy (non-hydrogen) atoms. The fraction of sp³-hybridized carbons (Fsp3) is 0.286. The molecule has 1 aromatic heterocycles. The van der Waals surface area contributed by atoms with Crippen LogP contribution >= 0.6 is 11.6 Å². The molecule has 0 radical (unpaired) electrons. The molecule has 0 amide bonds. The molecule has 6 nitrogen and oxygen atoms in total. The Morgan fingerprint density at radius 1 is 1.33 bits per heavy atom. The predicted molar refractivity (Wildman–Crippen MR) is 82.8 cm³/mol. The van der Waals surface area contributed by atoms with E-state index >= 15 is 0 Å². The lowest BCUT2D eigenvalue weighted by Gasteiger charge is -2.27. The van der Waals surface area contributed by atoms with Crippen molar-refractivity contribution in [2.24, 2.45) is 0 Å². The Morgan fingerprint density at radius 3 is 2.76 bits per heavy atom. The Bertz CT molecular complexity index is 696. The van der Waals surface area contributed by atoms with Crippen molar-refractivity contribution in [1.82, 2.24) is 15.1 Å². The van der Waals surface area contributed by atoms with Crippen LogP contribution in [0, 0.1) is 11.3 Å². The minimum Gasteiger partial charge on any atom is -0.382 e. The van der Waals surface area contributed by atoms with Gasteiger partial charge in [0, 0.05) is 31.2 Å². The number of hydrogen-bond acceptors (Lipinski definition) is 5. The molecule has 1 aromatic carbocycles. The third kappa shape index (κ3) is 2.53. The lowest BCUT2D eigenvalue weighted by Crippen LogP contribution is -2.44. The highest BCUT2D eigenvalue weighted by Crippen LogP contribution is 2.28. The molecule has 0 aliphatic carbocycles. The van der Waals surface area contributed by atoms with Gasteiger partial charge in [0.15, 0.2) is 5.82 Å². The molecule has 1 saturated heterocycles. The van der Waals surface area contributed by atoms with Crippen molar-refractivity contribution in [2.75, 3.05) is 36.8 Å². The molecule has 3 N–H and O–H groups in total. The molecule has 0 atom stereocenters. The van der Waals surface area contributed by atoms with Gasteiger partial charge in [-0.1, -0.05) is 17.7 Å². The topological polar surface area (TPSA) is 82.9 Å². The lowest BCUT2D eigenvalue weighted by molar-refractivity contribution is 0.583. The van der Waals surface area contributed by atoms with Gasteiger partial charge in [-0.2, -0.15) is 5.26 Å². The first-order valence-corrected chi connectivity index (χ1v) is 7.08. The largest absolute Gasteiger partial charge is 0.382 e. The Kier molecular flexibility index (Phi) is 3.69. The normalized spacial score (nSPS) is 15.0. The smallest absolute Gasteiger partial charge is 0.171 e. The number of nitrogens with one attached hydrogen (secondary N) is 1. The van der Waals surface area contributed by atoms with Gasteiger partial charge in [0.05, 0.1) is 5.69 Å². The zero-order valence-electron chi connectivity index (χ0n) is 11.4. The van der Waals surface area contributed by atoms with E-state index in [0.717, 1.165) is 31.9 Å². The standard InChI is InChI=1S/C14H15ClN6/c15-10-2-1-3-11(8-10)21-13(17)12(9-16)14(19-21)20-6-4-18-5-7-20/h1-3,8,18H,4-7,17H2. The van der Waals surface area contributed by atoms with Crippen LogP contribution < -0.4 is 16.0 Å². The van der Waals surface area contributed by atoms with Crippen molar-refractivity contribution < 1.29 is 0 Å². The molecule has 108 valence electrons. The van der Waals surface area contributed by atoms with Crippen molar-refractivity contribution in [3.05, 3.63) is 34.9 Å². The molecule has 0 unspecified atom stereocenters. The fourth-order valence-corrected chi connectivity index (χ4v) is 2.61. The number of rotatable bonds is 2. The summed E-state index contributed by atoms with van der Waals surface area (Å²) in [6.07, 6.45) is 0. The maximum Gasteiger partial charge on any atom is 0.171 e. The van der Waals surface area contributed by atoms with E-state index in [1.807, 2.05) is 12.1 Å². The minimum absolute atomic E-state index is 0.341. The van der Waals surface area contributed by atoms with Crippen LogP contribution in [0.5, 0.6) is 0 Å². The predicted octanol–water partition coefficient (Wildman–Crippen LogP) is 1.39. The summed E-state index contributed by atoms with van der Waals surface area (Å²) in [6.45, 7) is 3.35. The van der Waals surface area contributed by atoms with E-state index in [1.165, 1.54) is 0 Å². The van der Waals surface area contributed by atoms with Crippen molar-refractivity contribution >= 4 is 23.2 Å². The van der Waals surface area contributed by atoms with Crippen LogP contribution in [0.25, 0.3) is 5.69 Å². The zero-order valence-corrected chi connectivity index (χ0v) is 12.1. The fourth-order valence-electron chi connectivity index (χ4n) is 2.43. The number of nitriles is 1. The Balaban J connectivity index is 2.07. The maximum atomic E-state index is 9.39. The molecule has 2 heterocycles. The molecular weight excluding hydrogens is 288 g/mol. The second-order valence-electron chi connectivity index (χ2n) is 4.82. The number of anilines is 2. The quantitative estimate of drug-likeness (QED) is 0.876. The van der Waals surface area contributed by atoms with E-state index in [4.69, 9.17) is 17.3 Å². The van der Waals surface area contributed by atoms with Crippen LogP contribution in [0.2, 0.25) is 5.02 Å². The number of halogens is 1. The van der Waals surface area contributed by atoms with Crippen LogP contribution in [0.15, 0.2) is 24.3 Å². The van der Waals surface area contributed by atoms with Gasteiger partial charge in [-0.25, -0.2) is 4.68 Å². The van der Waals surface area contributed by atoms with Crippen molar-refractivity contribution in [1.29, 1.82) is 5.26 Å². The van der Waals surface area contributed by atoms with Gasteiger partial charge in [0.2, 0.25) is 0 Å². The molecule has 1 aliphatic rings. The number of hydrogen-bond donors (Lipinski definition) is 2. The number of nitrogens with two attached hydrogens (primary N) is 1. The third-order valence-corrected chi connectivity index (χ3v) is 3.72. The SMILES string of the molecule is N#Cc1c(N2CCNCC2)nn(-c2cccc(Cl)c2)c1N. The number of piperazine rings is 1. The summed E-state index contributed by atoms with van der Waals surface area (Å²) in [5.74, 6) is 0.977. The van der Waals surface area contributed by atoms with Crippen LogP contribution in [0.1, 0.15) is 5.56 Å². The van der Waals surface area contributed by atoms with Crippen molar-refractivity contribution in [2.45, 2.75) is 0 Å². The molecule has 0 bridgehead atoms. The van der Waals surface area contributed by atoms with E-state index < -0.39 is 0 Å². The first-order valence-electron chi connectivity index (χ1n) is 6.71. The number of nitrogen functional groups attached to an aromatic ring is 1. The van der Waals surface area contributed by atoms with Crippen LogP contribution in [-0.2, 0) is 0 Å². The van der Waals surface area contributed by atoms with Crippen molar-refractivity contribution in [3.63, 3.8) is 0 Å². The maximum absolute atomic E-state index is 9.39. The van der Waals surface area contributed by atoms with E-state index in [1.54, 1.807) is 16.8 Å². The average Bonchev–Trinajstić information content (AvgIpc) is 2.85. The molecule has 1 fully saturated rings. The summed E-state index contributed by atoms with van der Waals surface area (Å²) in [7, 11) is 0. The summed E-state index contributed by atoms with van der Waals surface area (Å²) in [5.41, 5.74) is 7.26. The number of aromatic nitrogens is 2. The summed E-state index contributed by atoms with van der Waals surface area (Å²) in [6, 6.07) is 9.41. The van der Waals surface area contributed by atoms with Crippen LogP contribution in [0.4, 0.5) is 11.6 Å². The highest BCUT2D eigenvalue weighted by Gasteiger charge is 2.22. The zero-order chi connectivity index (χ0) is 14.8. The highest BCUT2D eigenvalue weighted by atomic mass is 35.5. The van der Waals surface area contributed by atoms with E-state index in [0.29, 0.717) is 22.2 Å². The van der Waals surface area contributed by atoms with Gasteiger partial charge in [-0.3, -0.25) is 0 Å². The van der Waals surface area contributed by atoms with Gasteiger partial charge in [0.25, 0.3) is 0 Å². The van der Waals surface area contributed by atoms with Gasteiger partial charge in [-0.15, -0.1) is 5.10 Å². The third-order valence-electron chi connectivity index (χ3n) is 3.48. The first kappa shape index (κ1) is 13.7. The molecule has 0 saturated carbocycles. The minimum atomic E-state index is 0.341. The number of benzene rings is 1. The van der Waals surface area contributed by atoms with E-state index in [-0.39, 0.29) is 0 Å². The summed E-state index contributed by atoms with van der Waals surface area (Å²) in [5, 5.41) is 17.8. The van der Waals surface area contributed by atoms with Crippen LogP contribution in [0.3, 0.4) is 0 Å². The lowest BCUT2D eigenvalue weighted by atomic mass is 10.2.